The molecular weight excluding hydrogens is 298 g/mol. The molecular formula is C21H31NO2. The second kappa shape index (κ2) is 7.69. The Kier molecular flexibility index (Phi) is 5.60. The fourth-order valence-electron chi connectivity index (χ4n) is 4.45. The van der Waals surface area contributed by atoms with Crippen LogP contribution >= 0.6 is 0 Å². The van der Waals surface area contributed by atoms with Crippen molar-refractivity contribution in [1.29, 1.82) is 0 Å². The molecule has 0 spiro atoms. The SMILES string of the molecule is CC1(C(=O)N2CCC(C(O)c3ccccc3)CC2)CCCCCC1. The van der Waals surface area contributed by atoms with Gasteiger partial charge in [-0.1, -0.05) is 62.9 Å². The van der Waals surface area contributed by atoms with E-state index in [4.69, 9.17) is 0 Å². The molecule has 0 bridgehead atoms. The molecule has 1 saturated carbocycles. The van der Waals surface area contributed by atoms with Gasteiger partial charge >= 0.3 is 0 Å². The van der Waals surface area contributed by atoms with Crippen LogP contribution in [0.3, 0.4) is 0 Å². The summed E-state index contributed by atoms with van der Waals surface area (Å²) in [6.07, 6.45) is 8.39. The van der Waals surface area contributed by atoms with Gasteiger partial charge in [0.05, 0.1) is 6.10 Å². The molecule has 1 aromatic carbocycles. The molecule has 1 N–H and O–H groups in total. The number of carbonyl (C=O) groups excluding carboxylic acids is 1. The molecule has 0 aromatic heterocycles. The number of hydrogen-bond acceptors (Lipinski definition) is 2. The molecule has 1 unspecified atom stereocenters. The summed E-state index contributed by atoms with van der Waals surface area (Å²) in [6.45, 7) is 3.76. The van der Waals surface area contributed by atoms with Gasteiger partial charge in [-0.05, 0) is 37.2 Å². The Morgan fingerprint density at radius 2 is 1.67 bits per heavy atom. The summed E-state index contributed by atoms with van der Waals surface area (Å²) in [7, 11) is 0. The van der Waals surface area contributed by atoms with E-state index in [9.17, 15) is 9.90 Å². The number of benzene rings is 1. The van der Waals surface area contributed by atoms with Gasteiger partial charge in [-0.3, -0.25) is 4.79 Å². The van der Waals surface area contributed by atoms with Crippen LogP contribution in [0.2, 0.25) is 0 Å². The number of nitrogens with zero attached hydrogens (tertiary/aromatic N) is 1. The highest BCUT2D eigenvalue weighted by atomic mass is 16.3. The fraction of sp³-hybridized carbons (Fsp3) is 0.667. The van der Waals surface area contributed by atoms with Gasteiger partial charge in [0, 0.05) is 18.5 Å². The van der Waals surface area contributed by atoms with Crippen molar-refractivity contribution < 1.29 is 9.90 Å². The molecule has 1 saturated heterocycles. The maximum Gasteiger partial charge on any atom is 0.228 e. The number of aliphatic hydroxyl groups excluding tert-OH is 1. The fourth-order valence-corrected chi connectivity index (χ4v) is 4.45. The summed E-state index contributed by atoms with van der Waals surface area (Å²) >= 11 is 0. The van der Waals surface area contributed by atoms with Gasteiger partial charge in [-0.2, -0.15) is 0 Å². The van der Waals surface area contributed by atoms with Crippen LogP contribution in [0.5, 0.6) is 0 Å². The largest absolute Gasteiger partial charge is 0.388 e. The number of aliphatic hydroxyl groups is 1. The van der Waals surface area contributed by atoms with E-state index in [1.165, 1.54) is 25.7 Å². The molecule has 1 amide bonds. The van der Waals surface area contributed by atoms with Gasteiger partial charge in [0.25, 0.3) is 0 Å². The van der Waals surface area contributed by atoms with Crippen molar-refractivity contribution >= 4 is 5.91 Å². The molecule has 3 nitrogen and oxygen atoms in total. The lowest BCUT2D eigenvalue weighted by Crippen LogP contribution is -2.46. The molecule has 1 aliphatic heterocycles. The molecule has 2 aliphatic rings. The maximum absolute atomic E-state index is 13.0. The lowest BCUT2D eigenvalue weighted by atomic mass is 9.80. The molecule has 1 aliphatic carbocycles. The van der Waals surface area contributed by atoms with Gasteiger partial charge in [0.2, 0.25) is 5.91 Å². The van der Waals surface area contributed by atoms with Crippen molar-refractivity contribution in [2.24, 2.45) is 11.3 Å². The molecule has 1 atom stereocenters. The van der Waals surface area contributed by atoms with Gasteiger partial charge in [-0.15, -0.1) is 0 Å². The normalized spacial score (nSPS) is 23.5. The monoisotopic (exact) mass is 329 g/mol. The Balaban J connectivity index is 1.57. The lowest BCUT2D eigenvalue weighted by Gasteiger charge is -2.39. The first-order chi connectivity index (χ1) is 11.6. The predicted octanol–water partition coefficient (Wildman–Crippen LogP) is 4.32. The topological polar surface area (TPSA) is 40.5 Å². The molecule has 1 aromatic rings. The van der Waals surface area contributed by atoms with Gasteiger partial charge in [0.1, 0.15) is 0 Å². The van der Waals surface area contributed by atoms with E-state index in [2.05, 4.69) is 11.8 Å². The zero-order chi connectivity index (χ0) is 17.0. The first-order valence-electron chi connectivity index (χ1n) is 9.62. The average Bonchev–Trinajstić information content (AvgIpc) is 2.87. The van der Waals surface area contributed by atoms with Crippen LogP contribution in [-0.2, 0) is 4.79 Å². The summed E-state index contributed by atoms with van der Waals surface area (Å²) in [5, 5.41) is 10.6. The van der Waals surface area contributed by atoms with E-state index in [1.54, 1.807) is 0 Å². The van der Waals surface area contributed by atoms with Crippen LogP contribution in [-0.4, -0.2) is 29.0 Å². The van der Waals surface area contributed by atoms with E-state index < -0.39 is 6.10 Å². The van der Waals surface area contributed by atoms with E-state index in [-0.39, 0.29) is 11.3 Å². The highest BCUT2D eigenvalue weighted by Gasteiger charge is 2.38. The van der Waals surface area contributed by atoms with Crippen LogP contribution in [0.25, 0.3) is 0 Å². The third-order valence-corrected chi connectivity index (χ3v) is 6.14. The van der Waals surface area contributed by atoms with E-state index in [0.29, 0.717) is 5.91 Å². The summed E-state index contributed by atoms with van der Waals surface area (Å²) in [5.74, 6) is 0.621. The van der Waals surface area contributed by atoms with E-state index in [0.717, 1.165) is 44.3 Å². The number of rotatable bonds is 3. The Hall–Kier alpha value is -1.35. The van der Waals surface area contributed by atoms with Crippen LogP contribution in [0.1, 0.15) is 70.0 Å². The molecule has 3 rings (SSSR count). The van der Waals surface area contributed by atoms with Crippen molar-refractivity contribution in [3.05, 3.63) is 35.9 Å². The Morgan fingerprint density at radius 3 is 2.25 bits per heavy atom. The maximum atomic E-state index is 13.0. The Bertz CT molecular complexity index is 526. The number of piperidine rings is 1. The quantitative estimate of drug-likeness (QED) is 0.839. The predicted molar refractivity (Wildman–Crippen MR) is 96.5 cm³/mol. The minimum atomic E-state index is -0.406. The number of likely N-dealkylation sites (tertiary alicyclic amines) is 1. The van der Waals surface area contributed by atoms with Crippen LogP contribution in [0.15, 0.2) is 30.3 Å². The van der Waals surface area contributed by atoms with Gasteiger partial charge < -0.3 is 10.0 Å². The average molecular weight is 329 g/mol. The van der Waals surface area contributed by atoms with Crippen molar-refractivity contribution in [2.45, 2.75) is 64.4 Å². The zero-order valence-corrected chi connectivity index (χ0v) is 14.9. The molecule has 132 valence electrons. The smallest absolute Gasteiger partial charge is 0.228 e. The van der Waals surface area contributed by atoms with Gasteiger partial charge in [-0.25, -0.2) is 0 Å². The number of carbonyl (C=O) groups is 1. The second-order valence-corrected chi connectivity index (χ2v) is 7.96. The Morgan fingerprint density at radius 1 is 1.08 bits per heavy atom. The highest BCUT2D eigenvalue weighted by molar-refractivity contribution is 5.82. The molecule has 0 radical (unpaired) electrons. The first kappa shape index (κ1) is 17.5. The molecule has 2 fully saturated rings. The summed E-state index contributed by atoms with van der Waals surface area (Å²) < 4.78 is 0. The standard InChI is InChI=1S/C21H31NO2/c1-21(13-7-2-3-8-14-21)20(24)22-15-11-18(12-16-22)19(23)17-9-5-4-6-10-17/h4-6,9-10,18-19,23H,2-3,7-8,11-16H2,1H3. The molecule has 3 heteroatoms. The first-order valence-corrected chi connectivity index (χ1v) is 9.62. The third kappa shape index (κ3) is 3.83. The third-order valence-electron chi connectivity index (χ3n) is 6.14. The zero-order valence-electron chi connectivity index (χ0n) is 14.9. The van der Waals surface area contributed by atoms with Crippen molar-refractivity contribution in [3.8, 4) is 0 Å². The number of amides is 1. The summed E-state index contributed by atoms with van der Waals surface area (Å²) in [4.78, 5) is 15.1. The van der Waals surface area contributed by atoms with Crippen LogP contribution in [0, 0.1) is 11.3 Å². The van der Waals surface area contributed by atoms with Crippen molar-refractivity contribution in [3.63, 3.8) is 0 Å². The minimum Gasteiger partial charge on any atom is -0.388 e. The van der Waals surface area contributed by atoms with E-state index in [1.807, 2.05) is 30.3 Å². The lowest BCUT2D eigenvalue weighted by molar-refractivity contribution is -0.144. The second-order valence-electron chi connectivity index (χ2n) is 7.96. The van der Waals surface area contributed by atoms with Crippen LogP contribution < -0.4 is 0 Å². The molecule has 1 heterocycles. The van der Waals surface area contributed by atoms with Crippen LogP contribution in [0.4, 0.5) is 0 Å². The van der Waals surface area contributed by atoms with Crippen molar-refractivity contribution in [1.82, 2.24) is 4.90 Å². The summed E-state index contributed by atoms with van der Waals surface area (Å²) in [5.41, 5.74) is 0.847. The Labute approximate surface area is 146 Å². The summed E-state index contributed by atoms with van der Waals surface area (Å²) in [6, 6.07) is 9.92. The van der Waals surface area contributed by atoms with E-state index >= 15 is 0 Å². The number of hydrogen-bond donors (Lipinski definition) is 1. The highest BCUT2D eigenvalue weighted by Crippen LogP contribution is 2.38. The van der Waals surface area contributed by atoms with Crippen molar-refractivity contribution in [2.75, 3.05) is 13.1 Å². The minimum absolute atomic E-state index is 0.151. The molecule has 24 heavy (non-hydrogen) atoms. The van der Waals surface area contributed by atoms with Gasteiger partial charge in [0.15, 0.2) is 0 Å².